The first-order valence-corrected chi connectivity index (χ1v) is 10.5. The van der Waals surface area contributed by atoms with E-state index in [2.05, 4.69) is 59.7 Å². The number of benzene rings is 1. The van der Waals surface area contributed by atoms with Crippen molar-refractivity contribution in [2.24, 2.45) is 4.99 Å². The molecule has 152 valence electrons. The summed E-state index contributed by atoms with van der Waals surface area (Å²) in [5, 5.41) is 7.06. The second-order valence-corrected chi connectivity index (χ2v) is 7.48. The van der Waals surface area contributed by atoms with Gasteiger partial charge in [-0.2, -0.15) is 0 Å². The van der Waals surface area contributed by atoms with Crippen LogP contribution in [-0.4, -0.2) is 56.3 Å². The minimum absolute atomic E-state index is 0.498. The fraction of sp³-hybridized carbons (Fsp3) is 0.682. The van der Waals surface area contributed by atoms with Crippen molar-refractivity contribution in [3.05, 3.63) is 35.9 Å². The lowest BCUT2D eigenvalue weighted by molar-refractivity contribution is 0.134. The monoisotopic (exact) mass is 374 g/mol. The number of methoxy groups -OCH3 is 1. The summed E-state index contributed by atoms with van der Waals surface area (Å²) >= 11 is 0. The molecule has 0 amide bonds. The van der Waals surface area contributed by atoms with E-state index in [-0.39, 0.29) is 0 Å². The number of likely N-dealkylation sites (tertiary alicyclic amines) is 1. The average Bonchev–Trinajstić information content (AvgIpc) is 2.67. The summed E-state index contributed by atoms with van der Waals surface area (Å²) in [6.45, 7) is 9.27. The predicted molar refractivity (Wildman–Crippen MR) is 114 cm³/mol. The second kappa shape index (κ2) is 12.7. The van der Waals surface area contributed by atoms with Crippen LogP contribution in [0.25, 0.3) is 0 Å². The standard InChI is InChI=1S/C22H38N4O/c1-4-23-22(24-14-9-6-10-16-27-3)25-21-13-15-26(19(2)17-21)18-20-11-7-5-8-12-20/h5,7-8,11-12,19,21H,4,6,9-10,13-18H2,1-3H3,(H2,23,24,25). The SMILES string of the molecule is CCNC(=NCCCCCOC)NC1CCN(Cc2ccccc2)C(C)C1. The molecule has 2 rings (SSSR count). The molecule has 1 saturated heterocycles. The third-order valence-electron chi connectivity index (χ3n) is 5.20. The Kier molecular flexibility index (Phi) is 10.2. The summed E-state index contributed by atoms with van der Waals surface area (Å²) in [4.78, 5) is 7.35. The van der Waals surface area contributed by atoms with Gasteiger partial charge in [0.25, 0.3) is 0 Å². The van der Waals surface area contributed by atoms with Crippen LogP contribution in [0.3, 0.4) is 0 Å². The highest BCUT2D eigenvalue weighted by Crippen LogP contribution is 2.19. The molecule has 0 radical (unpaired) electrons. The molecule has 27 heavy (non-hydrogen) atoms. The number of guanidine groups is 1. The van der Waals surface area contributed by atoms with Crippen LogP contribution in [0, 0.1) is 0 Å². The molecule has 0 aliphatic carbocycles. The van der Waals surface area contributed by atoms with Crippen LogP contribution in [0.4, 0.5) is 0 Å². The molecule has 0 bridgehead atoms. The molecule has 5 heteroatoms. The van der Waals surface area contributed by atoms with E-state index < -0.39 is 0 Å². The lowest BCUT2D eigenvalue weighted by atomic mass is 9.97. The summed E-state index contributed by atoms with van der Waals surface area (Å²) < 4.78 is 5.10. The average molecular weight is 375 g/mol. The van der Waals surface area contributed by atoms with Gasteiger partial charge in [0, 0.05) is 52.0 Å². The Bertz CT molecular complexity index is 534. The molecule has 2 unspecified atom stereocenters. The normalized spacial score (nSPS) is 21.2. The number of hydrogen-bond donors (Lipinski definition) is 2. The van der Waals surface area contributed by atoms with Crippen LogP contribution >= 0.6 is 0 Å². The summed E-state index contributed by atoms with van der Waals surface area (Å²) in [6, 6.07) is 11.9. The zero-order valence-electron chi connectivity index (χ0n) is 17.4. The van der Waals surface area contributed by atoms with Gasteiger partial charge in [0.05, 0.1) is 0 Å². The molecule has 0 saturated carbocycles. The molecule has 1 aliphatic rings. The Morgan fingerprint density at radius 1 is 1.22 bits per heavy atom. The highest BCUT2D eigenvalue weighted by Gasteiger charge is 2.25. The van der Waals surface area contributed by atoms with Gasteiger partial charge in [-0.3, -0.25) is 9.89 Å². The minimum atomic E-state index is 0.498. The maximum absolute atomic E-state index is 5.10. The molecule has 1 fully saturated rings. The number of nitrogens with one attached hydrogen (secondary N) is 2. The number of unbranched alkanes of at least 4 members (excludes halogenated alkanes) is 2. The third kappa shape index (κ3) is 8.31. The Morgan fingerprint density at radius 2 is 2.04 bits per heavy atom. The van der Waals surface area contributed by atoms with Gasteiger partial charge in [0.1, 0.15) is 0 Å². The zero-order chi connectivity index (χ0) is 19.3. The molecule has 1 aromatic rings. The third-order valence-corrected chi connectivity index (χ3v) is 5.20. The highest BCUT2D eigenvalue weighted by atomic mass is 16.5. The van der Waals surface area contributed by atoms with Gasteiger partial charge >= 0.3 is 0 Å². The number of hydrogen-bond acceptors (Lipinski definition) is 3. The molecule has 1 aromatic carbocycles. The van der Waals surface area contributed by atoms with Crippen molar-refractivity contribution in [2.45, 2.75) is 64.6 Å². The van der Waals surface area contributed by atoms with Gasteiger partial charge in [-0.15, -0.1) is 0 Å². The molecule has 0 aromatic heterocycles. The van der Waals surface area contributed by atoms with Crippen molar-refractivity contribution >= 4 is 5.96 Å². The fourth-order valence-corrected chi connectivity index (χ4v) is 3.64. The van der Waals surface area contributed by atoms with E-state index >= 15 is 0 Å². The van der Waals surface area contributed by atoms with Crippen LogP contribution in [0.5, 0.6) is 0 Å². The number of ether oxygens (including phenoxy) is 1. The molecule has 0 spiro atoms. The summed E-state index contributed by atoms with van der Waals surface area (Å²) in [5.74, 6) is 0.970. The van der Waals surface area contributed by atoms with Gasteiger partial charge < -0.3 is 15.4 Å². The molecular weight excluding hydrogens is 336 g/mol. The first-order valence-electron chi connectivity index (χ1n) is 10.5. The van der Waals surface area contributed by atoms with Gasteiger partial charge in [0.15, 0.2) is 5.96 Å². The molecule has 1 heterocycles. The van der Waals surface area contributed by atoms with E-state index in [0.29, 0.717) is 12.1 Å². The van der Waals surface area contributed by atoms with Crippen LogP contribution in [0.1, 0.15) is 51.5 Å². The van der Waals surface area contributed by atoms with E-state index in [4.69, 9.17) is 9.73 Å². The quantitative estimate of drug-likeness (QED) is 0.374. The Morgan fingerprint density at radius 3 is 2.74 bits per heavy atom. The molecule has 1 aliphatic heterocycles. The van der Waals surface area contributed by atoms with E-state index in [9.17, 15) is 0 Å². The lowest BCUT2D eigenvalue weighted by Crippen LogP contribution is -2.51. The Hall–Kier alpha value is -1.59. The largest absolute Gasteiger partial charge is 0.385 e. The van der Waals surface area contributed by atoms with Gasteiger partial charge in [-0.25, -0.2) is 0 Å². The van der Waals surface area contributed by atoms with Crippen molar-refractivity contribution in [3.8, 4) is 0 Å². The maximum atomic E-state index is 5.10. The topological polar surface area (TPSA) is 48.9 Å². The first-order chi connectivity index (χ1) is 13.2. The molecular formula is C22H38N4O. The van der Waals surface area contributed by atoms with E-state index in [0.717, 1.165) is 64.4 Å². The van der Waals surface area contributed by atoms with Crippen molar-refractivity contribution < 1.29 is 4.74 Å². The number of piperidine rings is 1. The molecule has 5 nitrogen and oxygen atoms in total. The van der Waals surface area contributed by atoms with Crippen molar-refractivity contribution in [1.29, 1.82) is 0 Å². The minimum Gasteiger partial charge on any atom is -0.385 e. The van der Waals surface area contributed by atoms with Gasteiger partial charge in [-0.1, -0.05) is 30.3 Å². The lowest BCUT2D eigenvalue weighted by Gasteiger charge is -2.38. The van der Waals surface area contributed by atoms with Crippen molar-refractivity contribution in [1.82, 2.24) is 15.5 Å². The van der Waals surface area contributed by atoms with E-state index in [1.165, 1.54) is 12.0 Å². The predicted octanol–water partition coefficient (Wildman–Crippen LogP) is 3.41. The van der Waals surface area contributed by atoms with Crippen LogP contribution in [0.2, 0.25) is 0 Å². The van der Waals surface area contributed by atoms with Crippen LogP contribution < -0.4 is 10.6 Å². The van der Waals surface area contributed by atoms with Crippen LogP contribution in [0.15, 0.2) is 35.3 Å². The fourth-order valence-electron chi connectivity index (χ4n) is 3.64. The first kappa shape index (κ1) is 21.7. The Labute approximate surface area is 165 Å². The zero-order valence-corrected chi connectivity index (χ0v) is 17.4. The second-order valence-electron chi connectivity index (χ2n) is 7.48. The van der Waals surface area contributed by atoms with Gasteiger partial charge in [-0.05, 0) is 51.5 Å². The van der Waals surface area contributed by atoms with Crippen LogP contribution in [-0.2, 0) is 11.3 Å². The Balaban J connectivity index is 1.76. The smallest absolute Gasteiger partial charge is 0.191 e. The van der Waals surface area contributed by atoms with E-state index in [1.54, 1.807) is 7.11 Å². The highest BCUT2D eigenvalue weighted by molar-refractivity contribution is 5.80. The maximum Gasteiger partial charge on any atom is 0.191 e. The number of rotatable bonds is 10. The molecule has 2 N–H and O–H groups in total. The summed E-state index contributed by atoms with van der Waals surface area (Å²) in [5.41, 5.74) is 1.40. The van der Waals surface area contributed by atoms with Gasteiger partial charge in [0.2, 0.25) is 0 Å². The molecule has 2 atom stereocenters. The number of nitrogens with zero attached hydrogens (tertiary/aromatic N) is 2. The van der Waals surface area contributed by atoms with E-state index in [1.807, 2.05) is 0 Å². The van der Waals surface area contributed by atoms with Crippen molar-refractivity contribution in [3.63, 3.8) is 0 Å². The van der Waals surface area contributed by atoms with Crippen molar-refractivity contribution in [2.75, 3.05) is 33.4 Å². The summed E-state index contributed by atoms with van der Waals surface area (Å²) in [7, 11) is 1.76. The summed E-state index contributed by atoms with van der Waals surface area (Å²) in [6.07, 6.45) is 5.73. The number of aliphatic imine (C=N–C) groups is 1.